The summed E-state index contributed by atoms with van der Waals surface area (Å²) in [6, 6.07) is 12.0. The summed E-state index contributed by atoms with van der Waals surface area (Å²) in [5.74, 6) is 0. The Morgan fingerprint density at radius 2 is 2.09 bits per heavy atom. The second kappa shape index (κ2) is 7.50. The van der Waals surface area contributed by atoms with Gasteiger partial charge in [0.05, 0.1) is 11.8 Å². The number of hydrogen-bond acceptors (Lipinski definition) is 5. The number of aliphatic hydroxyl groups is 1. The van der Waals surface area contributed by atoms with Crippen molar-refractivity contribution >= 4 is 21.6 Å². The van der Waals surface area contributed by atoms with Crippen LogP contribution in [0.1, 0.15) is 18.0 Å². The summed E-state index contributed by atoms with van der Waals surface area (Å²) in [7, 11) is 0. The average molecular weight is 329 g/mol. The maximum Gasteiger partial charge on any atom is 0.271 e. The number of thiophene rings is 1. The fourth-order valence-electron chi connectivity index (χ4n) is 2.60. The van der Waals surface area contributed by atoms with Crippen molar-refractivity contribution in [2.45, 2.75) is 19.0 Å². The Morgan fingerprint density at radius 1 is 1.26 bits per heavy atom. The highest BCUT2D eigenvalue weighted by atomic mass is 32.1. The number of rotatable bonds is 7. The topological polar surface area (TPSA) is 67.2 Å². The van der Waals surface area contributed by atoms with Gasteiger partial charge in [0.15, 0.2) is 0 Å². The predicted molar refractivity (Wildman–Crippen MR) is 92.8 cm³/mol. The second-order valence-corrected chi connectivity index (χ2v) is 6.22. The third-order valence-corrected chi connectivity index (χ3v) is 4.69. The maximum atomic E-state index is 12.3. The third-order valence-electron chi connectivity index (χ3n) is 3.80. The minimum atomic E-state index is 0.00483. The molecule has 1 unspecified atom stereocenters. The molecule has 0 bridgehead atoms. The first-order valence-corrected chi connectivity index (χ1v) is 8.49. The van der Waals surface area contributed by atoms with Crippen LogP contribution < -0.4 is 10.9 Å². The molecule has 120 valence electrons. The van der Waals surface area contributed by atoms with Gasteiger partial charge in [-0.05, 0) is 23.4 Å². The van der Waals surface area contributed by atoms with Crippen LogP contribution in [-0.4, -0.2) is 27.8 Å². The Kier molecular flexibility index (Phi) is 5.17. The van der Waals surface area contributed by atoms with Gasteiger partial charge >= 0.3 is 0 Å². The van der Waals surface area contributed by atoms with E-state index in [1.54, 1.807) is 10.9 Å². The number of nitrogens with zero attached hydrogens (tertiary/aromatic N) is 2. The quantitative estimate of drug-likeness (QED) is 0.697. The summed E-state index contributed by atoms with van der Waals surface area (Å²) in [4.78, 5) is 16.6. The summed E-state index contributed by atoms with van der Waals surface area (Å²) in [5, 5.41) is 14.5. The molecule has 0 aliphatic heterocycles. The number of hydrogen-bond donors (Lipinski definition) is 2. The van der Waals surface area contributed by atoms with Gasteiger partial charge in [-0.1, -0.05) is 30.3 Å². The van der Waals surface area contributed by atoms with Crippen molar-refractivity contribution in [2.24, 2.45) is 0 Å². The SMILES string of the molecule is O=c1c2sccc2ncn1CCNC(CCO)c1ccccc1. The van der Waals surface area contributed by atoms with Gasteiger partial charge in [-0.2, -0.15) is 0 Å². The van der Waals surface area contributed by atoms with Crippen LogP contribution in [0.2, 0.25) is 0 Å². The molecule has 1 aromatic carbocycles. The monoisotopic (exact) mass is 329 g/mol. The molecule has 0 aliphatic rings. The Balaban J connectivity index is 1.67. The zero-order valence-electron chi connectivity index (χ0n) is 12.7. The molecule has 5 nitrogen and oxygen atoms in total. The van der Waals surface area contributed by atoms with Crippen molar-refractivity contribution in [3.05, 3.63) is 64.0 Å². The van der Waals surface area contributed by atoms with E-state index in [0.29, 0.717) is 24.2 Å². The smallest absolute Gasteiger partial charge is 0.271 e. The Morgan fingerprint density at radius 3 is 2.87 bits per heavy atom. The molecule has 0 aliphatic carbocycles. The molecular weight excluding hydrogens is 310 g/mol. The molecule has 0 spiro atoms. The molecule has 0 amide bonds. The minimum absolute atomic E-state index is 0.00483. The van der Waals surface area contributed by atoms with Crippen molar-refractivity contribution in [1.29, 1.82) is 0 Å². The largest absolute Gasteiger partial charge is 0.396 e. The van der Waals surface area contributed by atoms with Gasteiger partial charge in [0.2, 0.25) is 0 Å². The highest BCUT2D eigenvalue weighted by Crippen LogP contribution is 2.16. The van der Waals surface area contributed by atoms with Crippen LogP contribution in [0.4, 0.5) is 0 Å². The molecule has 0 saturated carbocycles. The summed E-state index contributed by atoms with van der Waals surface area (Å²) < 4.78 is 2.33. The zero-order chi connectivity index (χ0) is 16.1. The van der Waals surface area contributed by atoms with Gasteiger partial charge in [0.1, 0.15) is 4.70 Å². The molecule has 3 aromatic rings. The lowest BCUT2D eigenvalue weighted by Crippen LogP contribution is -2.30. The molecule has 1 atom stereocenters. The van der Waals surface area contributed by atoms with Crippen LogP contribution in [0.3, 0.4) is 0 Å². The molecular formula is C17H19N3O2S. The van der Waals surface area contributed by atoms with Gasteiger partial charge in [-0.15, -0.1) is 11.3 Å². The van der Waals surface area contributed by atoms with Crippen molar-refractivity contribution in [3.8, 4) is 0 Å². The maximum absolute atomic E-state index is 12.3. The van der Waals surface area contributed by atoms with Crippen molar-refractivity contribution in [1.82, 2.24) is 14.9 Å². The van der Waals surface area contributed by atoms with Gasteiger partial charge in [0, 0.05) is 25.7 Å². The Bertz CT molecular complexity index is 813. The molecule has 0 fully saturated rings. The summed E-state index contributed by atoms with van der Waals surface area (Å²) in [6.45, 7) is 1.31. The number of fused-ring (bicyclic) bond motifs is 1. The molecule has 2 aromatic heterocycles. The average Bonchev–Trinajstić information content (AvgIpc) is 3.06. The first-order valence-electron chi connectivity index (χ1n) is 7.61. The van der Waals surface area contributed by atoms with Crippen molar-refractivity contribution in [2.75, 3.05) is 13.2 Å². The lowest BCUT2D eigenvalue weighted by atomic mass is 10.0. The van der Waals surface area contributed by atoms with Gasteiger partial charge in [-0.25, -0.2) is 4.98 Å². The van der Waals surface area contributed by atoms with Crippen LogP contribution in [0.15, 0.2) is 52.9 Å². The van der Waals surface area contributed by atoms with Gasteiger partial charge in [0.25, 0.3) is 5.56 Å². The summed E-state index contributed by atoms with van der Waals surface area (Å²) in [6.07, 6.45) is 2.24. The second-order valence-electron chi connectivity index (χ2n) is 5.31. The van der Waals surface area contributed by atoms with Crippen LogP contribution in [0.5, 0.6) is 0 Å². The van der Waals surface area contributed by atoms with E-state index in [9.17, 15) is 9.90 Å². The Labute approximate surface area is 138 Å². The number of benzene rings is 1. The van der Waals surface area contributed by atoms with E-state index in [1.165, 1.54) is 11.3 Å². The van der Waals surface area contributed by atoms with E-state index in [0.717, 1.165) is 11.1 Å². The first kappa shape index (κ1) is 15.9. The van der Waals surface area contributed by atoms with Crippen LogP contribution in [0.25, 0.3) is 10.2 Å². The number of aromatic nitrogens is 2. The molecule has 2 N–H and O–H groups in total. The van der Waals surface area contributed by atoms with E-state index in [2.05, 4.69) is 10.3 Å². The molecule has 23 heavy (non-hydrogen) atoms. The van der Waals surface area contributed by atoms with E-state index < -0.39 is 0 Å². The highest BCUT2D eigenvalue weighted by molar-refractivity contribution is 7.17. The minimum Gasteiger partial charge on any atom is -0.396 e. The normalized spacial score (nSPS) is 12.6. The van der Waals surface area contributed by atoms with Crippen molar-refractivity contribution < 1.29 is 5.11 Å². The third kappa shape index (κ3) is 3.67. The highest BCUT2D eigenvalue weighted by Gasteiger charge is 2.10. The van der Waals surface area contributed by atoms with Crippen LogP contribution >= 0.6 is 11.3 Å². The fraction of sp³-hybridized carbons (Fsp3) is 0.294. The van der Waals surface area contributed by atoms with E-state index in [-0.39, 0.29) is 18.2 Å². The van der Waals surface area contributed by atoms with Gasteiger partial charge in [-0.3, -0.25) is 9.36 Å². The molecule has 3 rings (SSSR count). The Hall–Kier alpha value is -2.02. The lowest BCUT2D eigenvalue weighted by Gasteiger charge is -2.18. The summed E-state index contributed by atoms with van der Waals surface area (Å²) >= 11 is 1.42. The number of nitrogens with one attached hydrogen (secondary N) is 1. The van der Waals surface area contributed by atoms with E-state index in [1.807, 2.05) is 41.8 Å². The van der Waals surface area contributed by atoms with E-state index >= 15 is 0 Å². The van der Waals surface area contributed by atoms with Gasteiger partial charge < -0.3 is 10.4 Å². The molecule has 2 heterocycles. The zero-order valence-corrected chi connectivity index (χ0v) is 13.5. The van der Waals surface area contributed by atoms with Crippen molar-refractivity contribution in [3.63, 3.8) is 0 Å². The van der Waals surface area contributed by atoms with Crippen LogP contribution in [0, 0.1) is 0 Å². The molecule has 6 heteroatoms. The predicted octanol–water partition coefficient (Wildman–Crippen LogP) is 2.17. The summed E-state index contributed by atoms with van der Waals surface area (Å²) in [5.41, 5.74) is 1.90. The molecule has 0 radical (unpaired) electrons. The molecule has 0 saturated heterocycles. The number of aliphatic hydroxyl groups excluding tert-OH is 1. The first-order chi connectivity index (χ1) is 11.3. The fourth-order valence-corrected chi connectivity index (χ4v) is 3.39. The lowest BCUT2D eigenvalue weighted by molar-refractivity contribution is 0.264. The van der Waals surface area contributed by atoms with Crippen LogP contribution in [-0.2, 0) is 6.54 Å². The van der Waals surface area contributed by atoms with E-state index in [4.69, 9.17) is 0 Å². The standard InChI is InChI=1S/C17H19N3O2S/c21-10-6-14(13-4-2-1-3-5-13)18-8-9-20-12-19-15-7-11-23-16(15)17(20)22/h1-5,7,11-12,14,18,21H,6,8-10H2.